The van der Waals surface area contributed by atoms with Crippen LogP contribution in [0.5, 0.6) is 0 Å². The standard InChI is InChI=1S/C8H7Cl4N/c1-4-6(9)3-7(13(11)12)5(2)8(4)10/h3H,1-2H3. The van der Waals surface area contributed by atoms with E-state index < -0.39 is 0 Å². The van der Waals surface area contributed by atoms with Crippen molar-refractivity contribution >= 4 is 52.4 Å². The Morgan fingerprint density at radius 3 is 2.08 bits per heavy atom. The van der Waals surface area contributed by atoms with Gasteiger partial charge in [0, 0.05) is 28.6 Å². The molecule has 72 valence electrons. The van der Waals surface area contributed by atoms with Crippen LogP contribution in [-0.2, 0) is 0 Å². The predicted octanol–water partition coefficient (Wildman–Crippen LogP) is 4.72. The van der Waals surface area contributed by atoms with Crippen LogP contribution in [0.15, 0.2) is 6.07 Å². The molecule has 0 N–H and O–H groups in total. The molecule has 0 atom stereocenters. The normalized spacial score (nSPS) is 10.3. The summed E-state index contributed by atoms with van der Waals surface area (Å²) in [6.07, 6.45) is 0. The lowest BCUT2D eigenvalue weighted by atomic mass is 10.1. The van der Waals surface area contributed by atoms with Gasteiger partial charge < -0.3 is 0 Å². The summed E-state index contributed by atoms with van der Waals surface area (Å²) in [6.45, 7) is 3.67. The molecule has 1 aromatic rings. The number of rotatable bonds is 1. The van der Waals surface area contributed by atoms with Crippen molar-refractivity contribution in [1.82, 2.24) is 0 Å². The summed E-state index contributed by atoms with van der Waals surface area (Å²) in [4.78, 5) is 0. The van der Waals surface area contributed by atoms with E-state index in [9.17, 15) is 0 Å². The molecule has 0 aliphatic carbocycles. The van der Waals surface area contributed by atoms with Gasteiger partial charge in [0.2, 0.25) is 0 Å². The summed E-state index contributed by atoms with van der Waals surface area (Å²) in [5.74, 6) is 0. The maximum absolute atomic E-state index is 6.00. The Balaban J connectivity index is 3.41. The number of hydrogen-bond donors (Lipinski definition) is 0. The largest absolute Gasteiger partial charge is 0.194 e. The van der Waals surface area contributed by atoms with Gasteiger partial charge in [-0.25, -0.2) is 0 Å². The van der Waals surface area contributed by atoms with E-state index in [0.717, 1.165) is 15.1 Å². The SMILES string of the molecule is Cc1c(Cl)cc(N(Cl)Cl)c(C)c1Cl. The third-order valence-corrected chi connectivity index (χ3v) is 3.17. The molecule has 0 aliphatic rings. The van der Waals surface area contributed by atoms with E-state index in [1.807, 2.05) is 13.8 Å². The number of hydrogen-bond acceptors (Lipinski definition) is 1. The summed E-state index contributed by atoms with van der Waals surface area (Å²) in [5.41, 5.74) is 2.25. The highest BCUT2D eigenvalue weighted by Gasteiger charge is 2.12. The molecule has 0 saturated carbocycles. The fourth-order valence-corrected chi connectivity index (χ4v) is 1.81. The molecular weight excluding hydrogens is 252 g/mol. The minimum absolute atomic E-state index is 0.553. The van der Waals surface area contributed by atoms with E-state index in [2.05, 4.69) is 0 Å². The van der Waals surface area contributed by atoms with Gasteiger partial charge in [0.1, 0.15) is 0 Å². The van der Waals surface area contributed by atoms with Gasteiger partial charge in [-0.2, -0.15) is 3.94 Å². The van der Waals surface area contributed by atoms with Gasteiger partial charge in [0.15, 0.2) is 0 Å². The average Bonchev–Trinajstić information content (AvgIpc) is 2.07. The van der Waals surface area contributed by atoms with Gasteiger partial charge in [-0.05, 0) is 31.0 Å². The minimum atomic E-state index is 0.553. The molecule has 13 heavy (non-hydrogen) atoms. The van der Waals surface area contributed by atoms with Crippen LogP contribution in [-0.4, -0.2) is 0 Å². The Morgan fingerprint density at radius 1 is 1.08 bits per heavy atom. The lowest BCUT2D eigenvalue weighted by molar-refractivity contribution is 1.36. The number of anilines is 1. The average molecular weight is 259 g/mol. The van der Waals surface area contributed by atoms with Crippen LogP contribution in [0.4, 0.5) is 5.69 Å². The van der Waals surface area contributed by atoms with Crippen molar-refractivity contribution < 1.29 is 0 Å². The Kier molecular flexibility index (Phi) is 3.58. The number of halogens is 4. The summed E-state index contributed by atoms with van der Waals surface area (Å²) in [5, 5.41) is 1.14. The molecule has 1 rings (SSSR count). The molecule has 0 spiro atoms. The summed E-state index contributed by atoms with van der Waals surface area (Å²) in [6, 6.07) is 1.68. The molecule has 0 saturated heterocycles. The third-order valence-electron chi connectivity index (χ3n) is 1.85. The van der Waals surface area contributed by atoms with Crippen molar-refractivity contribution in [3.63, 3.8) is 0 Å². The lowest BCUT2D eigenvalue weighted by Gasteiger charge is -2.13. The summed E-state index contributed by atoms with van der Waals surface area (Å²) < 4.78 is 0.951. The second-order valence-electron chi connectivity index (χ2n) is 2.67. The Labute approximate surface area is 97.4 Å². The first-order valence-electron chi connectivity index (χ1n) is 3.52. The highest BCUT2D eigenvalue weighted by atomic mass is 35.5. The molecule has 0 amide bonds. The molecule has 0 bridgehead atoms. The van der Waals surface area contributed by atoms with Crippen LogP contribution >= 0.6 is 46.8 Å². The van der Waals surface area contributed by atoms with Crippen LogP contribution in [0.3, 0.4) is 0 Å². The highest BCUT2D eigenvalue weighted by molar-refractivity contribution is 6.50. The summed E-state index contributed by atoms with van der Waals surface area (Å²) in [7, 11) is 0. The first kappa shape index (κ1) is 11.3. The second-order valence-corrected chi connectivity index (χ2v) is 4.31. The van der Waals surface area contributed by atoms with Crippen molar-refractivity contribution in [3.05, 3.63) is 27.2 Å². The zero-order chi connectivity index (χ0) is 10.2. The number of nitrogens with zero attached hydrogens (tertiary/aromatic N) is 1. The maximum Gasteiger partial charge on any atom is 0.0768 e. The van der Waals surface area contributed by atoms with E-state index in [0.29, 0.717) is 15.7 Å². The van der Waals surface area contributed by atoms with Crippen LogP contribution < -0.4 is 3.94 Å². The highest BCUT2D eigenvalue weighted by Crippen LogP contribution is 2.36. The van der Waals surface area contributed by atoms with Crippen LogP contribution in [0, 0.1) is 13.8 Å². The van der Waals surface area contributed by atoms with E-state index in [1.165, 1.54) is 0 Å². The summed E-state index contributed by atoms with van der Waals surface area (Å²) >= 11 is 23.1. The zero-order valence-corrected chi connectivity index (χ0v) is 10.1. The minimum Gasteiger partial charge on any atom is -0.194 e. The molecule has 0 aromatic heterocycles. The predicted molar refractivity (Wildman–Crippen MR) is 60.1 cm³/mol. The van der Waals surface area contributed by atoms with Crippen molar-refractivity contribution in [2.24, 2.45) is 0 Å². The third kappa shape index (κ3) is 2.16. The molecule has 0 aliphatic heterocycles. The van der Waals surface area contributed by atoms with Crippen molar-refractivity contribution in [1.29, 1.82) is 0 Å². The molecule has 0 heterocycles. The van der Waals surface area contributed by atoms with Crippen molar-refractivity contribution in [2.45, 2.75) is 13.8 Å². The molecule has 0 unspecified atom stereocenters. The fraction of sp³-hybridized carbons (Fsp3) is 0.250. The van der Waals surface area contributed by atoms with E-state index in [-0.39, 0.29) is 0 Å². The fourth-order valence-electron chi connectivity index (χ4n) is 1.01. The van der Waals surface area contributed by atoms with Crippen LogP contribution in [0.1, 0.15) is 11.1 Å². The van der Waals surface area contributed by atoms with Crippen LogP contribution in [0.2, 0.25) is 10.0 Å². The van der Waals surface area contributed by atoms with Gasteiger partial charge in [0.05, 0.1) is 10.7 Å². The van der Waals surface area contributed by atoms with E-state index >= 15 is 0 Å². The van der Waals surface area contributed by atoms with Crippen molar-refractivity contribution in [2.75, 3.05) is 3.94 Å². The molecule has 0 fully saturated rings. The molecule has 1 nitrogen and oxygen atoms in total. The van der Waals surface area contributed by atoms with Gasteiger partial charge in [-0.15, -0.1) is 0 Å². The van der Waals surface area contributed by atoms with Gasteiger partial charge in [0.25, 0.3) is 0 Å². The van der Waals surface area contributed by atoms with Gasteiger partial charge >= 0.3 is 0 Å². The Bertz CT molecular complexity index is 335. The first-order chi connectivity index (χ1) is 5.95. The van der Waals surface area contributed by atoms with E-state index in [4.69, 9.17) is 46.8 Å². The molecule has 1 aromatic carbocycles. The monoisotopic (exact) mass is 257 g/mol. The van der Waals surface area contributed by atoms with E-state index in [1.54, 1.807) is 6.07 Å². The van der Waals surface area contributed by atoms with Crippen molar-refractivity contribution in [3.8, 4) is 0 Å². The molecule has 0 radical (unpaired) electrons. The second kappa shape index (κ2) is 4.14. The Hall–Kier alpha value is 0.180. The van der Waals surface area contributed by atoms with Gasteiger partial charge in [-0.3, -0.25) is 0 Å². The lowest BCUT2D eigenvalue weighted by Crippen LogP contribution is -1.97. The Morgan fingerprint density at radius 2 is 1.62 bits per heavy atom. The first-order valence-corrected chi connectivity index (χ1v) is 4.95. The van der Waals surface area contributed by atoms with Gasteiger partial charge in [-0.1, -0.05) is 23.2 Å². The quantitative estimate of drug-likeness (QED) is 0.659. The number of benzene rings is 1. The van der Waals surface area contributed by atoms with Crippen LogP contribution in [0.25, 0.3) is 0 Å². The molecule has 5 heteroatoms. The smallest absolute Gasteiger partial charge is 0.0768 e. The zero-order valence-electron chi connectivity index (χ0n) is 7.04. The maximum atomic E-state index is 6.00. The molecular formula is C8H7Cl4N. The topological polar surface area (TPSA) is 3.24 Å².